The van der Waals surface area contributed by atoms with Crippen molar-refractivity contribution in [2.24, 2.45) is 0 Å². The predicted molar refractivity (Wildman–Crippen MR) is 376 cm³/mol. The lowest BCUT2D eigenvalue weighted by Crippen LogP contribution is -2.64. The van der Waals surface area contributed by atoms with Crippen molar-refractivity contribution < 1.29 is 132 Å². The van der Waals surface area contributed by atoms with Gasteiger partial charge in [0.05, 0.1) is 25.9 Å². The van der Waals surface area contributed by atoms with Gasteiger partial charge in [0.2, 0.25) is 53.2 Å². The lowest BCUT2D eigenvalue weighted by molar-refractivity contribution is -0.270. The van der Waals surface area contributed by atoms with E-state index in [-0.39, 0.29) is 108 Å². The maximum Gasteiger partial charge on any atom is 0.328 e. The van der Waals surface area contributed by atoms with Crippen LogP contribution in [0.15, 0.2) is 0 Å². The second kappa shape index (κ2) is 50.5. The van der Waals surface area contributed by atoms with Gasteiger partial charge in [-0.2, -0.15) is 0 Å². The van der Waals surface area contributed by atoms with Gasteiger partial charge in [-0.3, -0.25) is 47.7 Å². The molecule has 9 amide bonds. The molecule has 3 saturated heterocycles. The van der Waals surface area contributed by atoms with Crippen LogP contribution < -0.4 is 47.9 Å². The van der Waals surface area contributed by atoms with Gasteiger partial charge in [0.1, 0.15) is 85.1 Å². The molecule has 36 nitrogen and oxygen atoms in total. The first-order valence-corrected chi connectivity index (χ1v) is 38.8. The van der Waals surface area contributed by atoms with Crippen molar-refractivity contribution in [3.8, 4) is 0 Å². The molecular weight excluding hydrogens is 1410 g/mol. The normalized spacial score (nSPS) is 26.2. The minimum absolute atomic E-state index is 0.0330. The number of aliphatic hydroxyl groups is 9. The van der Waals surface area contributed by atoms with Crippen LogP contribution in [-0.4, -0.2) is 285 Å². The van der Waals surface area contributed by atoms with E-state index in [4.69, 9.17) is 32.9 Å². The quantitative estimate of drug-likeness (QED) is 0.0224. The number of ether oxygens (including phenoxy) is 6. The van der Waals surface area contributed by atoms with Crippen LogP contribution in [0.4, 0.5) is 0 Å². The first-order valence-electron chi connectivity index (χ1n) is 37.0. The van der Waals surface area contributed by atoms with Crippen LogP contribution in [0.3, 0.4) is 0 Å². The monoisotopic (exact) mass is 1530 g/mol. The molecule has 19 atom stereocenters. The molecule has 0 aromatic carbocycles. The van der Waals surface area contributed by atoms with E-state index in [1.165, 1.54) is 20.8 Å². The van der Waals surface area contributed by atoms with E-state index in [0.717, 1.165) is 0 Å². The molecule has 0 bridgehead atoms. The molecule has 0 saturated carbocycles. The van der Waals surface area contributed by atoms with E-state index in [1.807, 2.05) is 0 Å². The van der Waals surface area contributed by atoms with Gasteiger partial charge < -0.3 is 132 Å². The fourth-order valence-corrected chi connectivity index (χ4v) is 13.1. The van der Waals surface area contributed by atoms with Crippen molar-refractivity contribution in [3.05, 3.63) is 0 Å². The molecule has 0 spiro atoms. The van der Waals surface area contributed by atoms with Crippen LogP contribution >= 0.6 is 7.60 Å². The van der Waals surface area contributed by atoms with E-state index in [9.17, 15) is 98.6 Å². The van der Waals surface area contributed by atoms with Crippen LogP contribution in [0, 0.1) is 0 Å². The molecule has 3 rings (SSSR count). The lowest BCUT2D eigenvalue weighted by atomic mass is 9.97. The number of carbonyl (C=O) groups is 9. The Balaban J connectivity index is 1.65. The molecule has 3 aliphatic heterocycles. The average Bonchev–Trinajstić information content (AvgIpc) is 0.821. The van der Waals surface area contributed by atoms with E-state index >= 15 is 0 Å². The highest BCUT2D eigenvalue weighted by Crippen LogP contribution is 2.43. The fraction of sp³-hybridized carbons (Fsp3) is 0.868. The summed E-state index contributed by atoms with van der Waals surface area (Å²) in [4.78, 5) is 126. The predicted octanol–water partition coefficient (Wildman–Crippen LogP) is -2.34. The Morgan fingerprint density at radius 3 is 1.16 bits per heavy atom. The first kappa shape index (κ1) is 94.0. The minimum atomic E-state index is -3.75. The van der Waals surface area contributed by atoms with Crippen molar-refractivity contribution in [1.82, 2.24) is 47.9 Å². The third-order valence-corrected chi connectivity index (χ3v) is 19.4. The van der Waals surface area contributed by atoms with Crippen molar-refractivity contribution in [2.45, 2.75) is 312 Å². The Morgan fingerprint density at radius 1 is 0.448 bits per heavy atom. The Kier molecular flexibility index (Phi) is 45.2. The summed E-state index contributed by atoms with van der Waals surface area (Å²) in [5.41, 5.74) is -0.746. The van der Waals surface area contributed by atoms with Gasteiger partial charge in [0.15, 0.2) is 18.9 Å². The largest absolute Gasteiger partial charge is 0.394 e. The second-order valence-electron chi connectivity index (χ2n) is 27.8. The Bertz CT molecular complexity index is 2660. The van der Waals surface area contributed by atoms with Crippen molar-refractivity contribution in [2.75, 3.05) is 65.4 Å². The summed E-state index contributed by atoms with van der Waals surface area (Å²) in [5, 5.41) is 116. The van der Waals surface area contributed by atoms with E-state index in [2.05, 4.69) is 47.9 Å². The average molecular weight is 1530 g/mol. The van der Waals surface area contributed by atoms with Crippen LogP contribution in [0.2, 0.25) is 0 Å². The first-order chi connectivity index (χ1) is 49.8. The molecule has 3 heterocycles. The van der Waals surface area contributed by atoms with Crippen LogP contribution in [0.5, 0.6) is 0 Å². The summed E-state index contributed by atoms with van der Waals surface area (Å²) in [6, 6.07) is -5.57. The summed E-state index contributed by atoms with van der Waals surface area (Å²) in [5.74, 6) is -3.87. The highest BCUT2D eigenvalue weighted by molar-refractivity contribution is 7.52. The smallest absolute Gasteiger partial charge is 0.328 e. The number of hydrogen-bond acceptors (Lipinski definition) is 26. The van der Waals surface area contributed by atoms with Crippen LogP contribution in [0.1, 0.15) is 196 Å². The zero-order valence-corrected chi connectivity index (χ0v) is 63.0. The van der Waals surface area contributed by atoms with Gasteiger partial charge in [-0.05, 0) is 117 Å². The number of nitrogens with one attached hydrogen (secondary N) is 9. The van der Waals surface area contributed by atoms with Gasteiger partial charge in [-0.1, -0.05) is 32.6 Å². The van der Waals surface area contributed by atoms with E-state index in [0.29, 0.717) is 103 Å². The SMILES string of the molecule is CCP(=O)(O)OC(C)CC(C)(C)NC(=O)CCCCCNC(=O)C(CCCCNC(=O)CCCCCOC1OC(CO)C(O)C(O)C1NC(C)=O)NC(=O)C(CCCCNC(=O)CCCCCOC1OC(CO)C(O)C(O)C1NC(C)=O)NC(=O)CCCCCOC1OC(CO)C(O)C(O)C1NC(C)=O. The number of aliphatic hydroxyl groups excluding tert-OH is 9. The highest BCUT2D eigenvalue weighted by atomic mass is 31.2. The summed E-state index contributed by atoms with van der Waals surface area (Å²) in [6.45, 7) is 9.56. The third kappa shape index (κ3) is 36.7. The molecule has 37 heteroatoms. The molecule has 105 heavy (non-hydrogen) atoms. The molecule has 3 aliphatic rings. The van der Waals surface area contributed by atoms with Gasteiger partial charge >= 0.3 is 7.60 Å². The number of rotatable bonds is 53. The third-order valence-electron chi connectivity index (χ3n) is 17.9. The molecule has 3 fully saturated rings. The lowest BCUT2D eigenvalue weighted by Gasteiger charge is -2.42. The molecule has 0 aliphatic carbocycles. The zero-order chi connectivity index (χ0) is 78.2. The van der Waals surface area contributed by atoms with Gasteiger partial charge in [0.25, 0.3) is 0 Å². The number of unbranched alkanes of at least 4 members (excludes halogenated alkanes) is 10. The molecule has 0 aromatic rings. The van der Waals surface area contributed by atoms with Crippen LogP contribution in [0.25, 0.3) is 0 Å². The molecule has 19 unspecified atom stereocenters. The van der Waals surface area contributed by atoms with Gasteiger partial charge in [-0.15, -0.1) is 0 Å². The van der Waals surface area contributed by atoms with Gasteiger partial charge in [0, 0.05) is 97.6 Å². The number of carbonyl (C=O) groups excluding carboxylic acids is 9. The fourth-order valence-electron chi connectivity index (χ4n) is 12.3. The van der Waals surface area contributed by atoms with Gasteiger partial charge in [-0.25, -0.2) is 0 Å². The summed E-state index contributed by atoms with van der Waals surface area (Å²) in [6.07, 6.45) is -8.38. The number of amides is 9. The van der Waals surface area contributed by atoms with Crippen LogP contribution in [-0.2, 0) is 80.7 Å². The van der Waals surface area contributed by atoms with Crippen molar-refractivity contribution in [1.29, 1.82) is 0 Å². The Labute approximate surface area is 615 Å². The Morgan fingerprint density at radius 2 is 0.790 bits per heavy atom. The topological polar surface area (TPSA) is 546 Å². The highest BCUT2D eigenvalue weighted by Gasteiger charge is 2.48. The van der Waals surface area contributed by atoms with Crippen molar-refractivity contribution >= 4 is 60.8 Å². The van der Waals surface area contributed by atoms with E-state index in [1.54, 1.807) is 27.7 Å². The molecule has 0 aromatic heterocycles. The van der Waals surface area contributed by atoms with E-state index < -0.39 is 179 Å². The molecular formula is C68H124N9O27P. The molecule has 608 valence electrons. The number of hydrogen-bond donors (Lipinski definition) is 19. The summed E-state index contributed by atoms with van der Waals surface area (Å²) >= 11 is 0. The minimum Gasteiger partial charge on any atom is -0.394 e. The second-order valence-corrected chi connectivity index (χ2v) is 29.9. The molecule has 0 radical (unpaired) electrons. The zero-order valence-electron chi connectivity index (χ0n) is 62.1. The molecule has 19 N–H and O–H groups in total. The maximum absolute atomic E-state index is 14.4. The standard InChI is InChI=1S/C68H124N9O27P/c1-8-105(96,97)104-41(2)37-68(6,7)77-53(87)30-13-9-19-33-71-63(94)45(25-17-20-31-69-50(84)27-14-10-22-34-98-65-54(72-42(3)81)60(91)57(88)47(38-78)101-65)76-64(95)46(75-52(86)29-16-12-24-36-100-67-56(74-44(5)83)62(93)59(90)49(40-80)103-67)26-18-21-32-70-51(85)28-15-11-23-35-99-66-55(73-43(4)82)61(92)58(89)48(39-79)102-66/h41,45-49,54-62,65-67,78-80,88-93H,8-40H2,1-7H3,(H,69,84)(H,70,85)(H,71,94)(H,72,81)(H,73,82)(H,74,83)(H,75,86)(H,76,95)(H,77,87)(H,96,97). The van der Waals surface area contributed by atoms with Crippen molar-refractivity contribution in [3.63, 3.8) is 0 Å². The maximum atomic E-state index is 14.4. The summed E-state index contributed by atoms with van der Waals surface area (Å²) in [7, 11) is -3.75. The summed E-state index contributed by atoms with van der Waals surface area (Å²) < 4.78 is 51.6. The Hall–Kier alpha value is -5.22.